The van der Waals surface area contributed by atoms with Gasteiger partial charge in [0.2, 0.25) is 0 Å². The molecule has 1 saturated carbocycles. The molecule has 0 radical (unpaired) electrons. The molecule has 5 nitrogen and oxygen atoms in total. The number of aliphatic hydroxyl groups is 4. The Kier molecular flexibility index (Phi) is 4.48. The summed E-state index contributed by atoms with van der Waals surface area (Å²) in [5.41, 5.74) is -1.83. The van der Waals surface area contributed by atoms with Crippen molar-refractivity contribution < 1.29 is 20.4 Å². The molecule has 0 aliphatic heterocycles. The van der Waals surface area contributed by atoms with Crippen LogP contribution in [0.4, 0.5) is 0 Å². The van der Waals surface area contributed by atoms with E-state index in [0.717, 1.165) is 25.7 Å². The van der Waals surface area contributed by atoms with E-state index in [1.54, 1.807) is 0 Å². The maximum absolute atomic E-state index is 10.0. The van der Waals surface area contributed by atoms with Crippen molar-refractivity contribution in [3.63, 3.8) is 0 Å². The van der Waals surface area contributed by atoms with E-state index in [4.69, 9.17) is 15.3 Å². The van der Waals surface area contributed by atoms with Crippen LogP contribution in [0.25, 0.3) is 0 Å². The predicted molar refractivity (Wildman–Crippen MR) is 55.4 cm³/mol. The Labute approximate surface area is 89.7 Å². The lowest BCUT2D eigenvalue weighted by Crippen LogP contribution is -2.58. The fourth-order valence-electron chi connectivity index (χ4n) is 1.88. The van der Waals surface area contributed by atoms with Gasteiger partial charge in [0.15, 0.2) is 0 Å². The van der Waals surface area contributed by atoms with Crippen LogP contribution in [-0.2, 0) is 0 Å². The van der Waals surface area contributed by atoms with Gasteiger partial charge in [-0.3, -0.25) is 0 Å². The van der Waals surface area contributed by atoms with Gasteiger partial charge in [-0.1, -0.05) is 12.8 Å². The summed E-state index contributed by atoms with van der Waals surface area (Å²) in [5.74, 6) is 0. The fourth-order valence-corrected chi connectivity index (χ4v) is 1.88. The summed E-state index contributed by atoms with van der Waals surface area (Å²) in [6, 6.07) is 0. The van der Waals surface area contributed by atoms with Crippen molar-refractivity contribution in [2.75, 3.05) is 26.4 Å². The van der Waals surface area contributed by atoms with E-state index in [2.05, 4.69) is 5.32 Å². The second-order valence-corrected chi connectivity index (χ2v) is 4.54. The molecular formula is C10H21NO4. The Morgan fingerprint density at radius 3 is 1.87 bits per heavy atom. The third-order valence-electron chi connectivity index (χ3n) is 3.23. The van der Waals surface area contributed by atoms with Crippen molar-refractivity contribution in [3.8, 4) is 0 Å². The quantitative estimate of drug-likeness (QED) is 0.379. The zero-order valence-corrected chi connectivity index (χ0v) is 8.95. The summed E-state index contributed by atoms with van der Waals surface area (Å²) in [7, 11) is 0. The molecule has 1 rings (SSSR count). The van der Waals surface area contributed by atoms with Crippen LogP contribution < -0.4 is 5.32 Å². The highest BCUT2D eigenvalue weighted by molar-refractivity contribution is 4.93. The normalized spacial score (nSPS) is 20.8. The van der Waals surface area contributed by atoms with Crippen LogP contribution in [-0.4, -0.2) is 57.9 Å². The van der Waals surface area contributed by atoms with Crippen molar-refractivity contribution in [1.29, 1.82) is 0 Å². The fraction of sp³-hybridized carbons (Fsp3) is 1.00. The predicted octanol–water partition coefficient (Wildman–Crippen LogP) is -1.40. The minimum absolute atomic E-state index is 0.300. The maximum atomic E-state index is 10.0. The summed E-state index contributed by atoms with van der Waals surface area (Å²) < 4.78 is 0. The van der Waals surface area contributed by atoms with Crippen molar-refractivity contribution in [2.45, 2.75) is 36.8 Å². The van der Waals surface area contributed by atoms with E-state index in [1.807, 2.05) is 0 Å². The van der Waals surface area contributed by atoms with Gasteiger partial charge in [-0.25, -0.2) is 0 Å². The zero-order valence-electron chi connectivity index (χ0n) is 8.95. The molecule has 1 aliphatic rings. The van der Waals surface area contributed by atoms with Crippen LogP contribution in [0.15, 0.2) is 0 Å². The summed E-state index contributed by atoms with van der Waals surface area (Å²) >= 11 is 0. The lowest BCUT2D eigenvalue weighted by Gasteiger charge is -2.33. The van der Waals surface area contributed by atoms with Gasteiger partial charge in [0.05, 0.1) is 31.0 Å². The first kappa shape index (κ1) is 12.9. The SMILES string of the molecule is OCC(CO)(CO)NCC1(O)CCCC1. The number of hydrogen-bond acceptors (Lipinski definition) is 5. The molecular weight excluding hydrogens is 198 g/mol. The smallest absolute Gasteiger partial charge is 0.0882 e. The zero-order chi connectivity index (χ0) is 11.4. The second-order valence-electron chi connectivity index (χ2n) is 4.54. The Morgan fingerprint density at radius 2 is 1.47 bits per heavy atom. The van der Waals surface area contributed by atoms with Gasteiger partial charge < -0.3 is 25.7 Å². The van der Waals surface area contributed by atoms with Crippen molar-refractivity contribution >= 4 is 0 Å². The van der Waals surface area contributed by atoms with Crippen LogP contribution in [0.1, 0.15) is 25.7 Å². The average molecular weight is 219 g/mol. The Bertz CT molecular complexity index is 180. The Balaban J connectivity index is 2.45. The highest BCUT2D eigenvalue weighted by Crippen LogP contribution is 2.29. The van der Waals surface area contributed by atoms with E-state index >= 15 is 0 Å². The molecule has 15 heavy (non-hydrogen) atoms. The van der Waals surface area contributed by atoms with Gasteiger partial charge in [-0.05, 0) is 12.8 Å². The molecule has 0 aromatic carbocycles. The second kappa shape index (κ2) is 5.23. The van der Waals surface area contributed by atoms with Gasteiger partial charge in [0.1, 0.15) is 0 Å². The summed E-state index contributed by atoms with van der Waals surface area (Å²) in [6.07, 6.45) is 3.47. The molecule has 1 aliphatic carbocycles. The molecule has 1 fully saturated rings. The number of aliphatic hydroxyl groups excluding tert-OH is 3. The third-order valence-corrected chi connectivity index (χ3v) is 3.23. The van der Waals surface area contributed by atoms with Gasteiger partial charge >= 0.3 is 0 Å². The van der Waals surface area contributed by atoms with E-state index in [0.29, 0.717) is 6.54 Å². The van der Waals surface area contributed by atoms with Crippen molar-refractivity contribution in [1.82, 2.24) is 5.32 Å². The number of rotatable bonds is 6. The van der Waals surface area contributed by atoms with Crippen LogP contribution in [0.5, 0.6) is 0 Å². The molecule has 5 heteroatoms. The Morgan fingerprint density at radius 1 is 1.00 bits per heavy atom. The standard InChI is InChI=1S/C10H21NO4/c12-6-9(7-13,8-14)11-5-10(15)3-1-2-4-10/h11-15H,1-8H2. The van der Waals surface area contributed by atoms with Gasteiger partial charge in [-0.2, -0.15) is 0 Å². The molecule has 0 bridgehead atoms. The summed E-state index contributed by atoms with van der Waals surface area (Å²) in [5, 5.41) is 40.1. The van der Waals surface area contributed by atoms with Crippen LogP contribution in [0.3, 0.4) is 0 Å². The van der Waals surface area contributed by atoms with Crippen molar-refractivity contribution in [2.24, 2.45) is 0 Å². The first-order valence-corrected chi connectivity index (χ1v) is 5.40. The monoisotopic (exact) mass is 219 g/mol. The van der Waals surface area contributed by atoms with Gasteiger partial charge in [0, 0.05) is 6.54 Å². The van der Waals surface area contributed by atoms with E-state index in [9.17, 15) is 5.11 Å². The molecule has 0 amide bonds. The minimum Gasteiger partial charge on any atom is -0.394 e. The minimum atomic E-state index is -1.08. The van der Waals surface area contributed by atoms with E-state index in [-0.39, 0.29) is 19.8 Å². The van der Waals surface area contributed by atoms with Gasteiger partial charge in [-0.15, -0.1) is 0 Å². The van der Waals surface area contributed by atoms with Crippen LogP contribution in [0.2, 0.25) is 0 Å². The molecule has 0 aromatic heterocycles. The first-order valence-electron chi connectivity index (χ1n) is 5.40. The first-order chi connectivity index (χ1) is 7.10. The summed E-state index contributed by atoms with van der Waals surface area (Å²) in [6.45, 7) is -0.753. The lowest BCUT2D eigenvalue weighted by molar-refractivity contribution is 0.00195. The maximum Gasteiger partial charge on any atom is 0.0882 e. The molecule has 0 atom stereocenters. The van der Waals surface area contributed by atoms with E-state index < -0.39 is 11.1 Å². The molecule has 0 saturated heterocycles. The number of β-amino-alcohol motifs (C(OH)–C–C–N with tert-alkyl or cyclic N) is 1. The molecule has 0 spiro atoms. The number of nitrogens with one attached hydrogen (secondary N) is 1. The van der Waals surface area contributed by atoms with Crippen molar-refractivity contribution in [3.05, 3.63) is 0 Å². The van der Waals surface area contributed by atoms with Crippen LogP contribution >= 0.6 is 0 Å². The molecule has 0 heterocycles. The van der Waals surface area contributed by atoms with Crippen LogP contribution in [0, 0.1) is 0 Å². The summed E-state index contributed by atoms with van der Waals surface area (Å²) in [4.78, 5) is 0. The highest BCUT2D eigenvalue weighted by Gasteiger charge is 2.35. The largest absolute Gasteiger partial charge is 0.394 e. The topological polar surface area (TPSA) is 93.0 Å². The lowest BCUT2D eigenvalue weighted by atomic mass is 9.98. The van der Waals surface area contributed by atoms with E-state index in [1.165, 1.54) is 0 Å². The highest BCUT2D eigenvalue weighted by atomic mass is 16.3. The molecule has 5 N–H and O–H groups in total. The molecule has 0 unspecified atom stereocenters. The number of hydrogen-bond donors (Lipinski definition) is 5. The Hall–Kier alpha value is -0.200. The molecule has 90 valence electrons. The third kappa shape index (κ3) is 3.12. The van der Waals surface area contributed by atoms with Gasteiger partial charge in [0.25, 0.3) is 0 Å². The average Bonchev–Trinajstić information content (AvgIpc) is 2.69. The molecule has 0 aromatic rings.